The molecule has 2 aromatic heterocycles. The summed E-state index contributed by atoms with van der Waals surface area (Å²) >= 11 is 6.22. The Kier molecular flexibility index (Phi) is 4.13. The van der Waals surface area contributed by atoms with Gasteiger partial charge in [-0.05, 0) is 48.4 Å². The first-order valence-electron chi connectivity index (χ1n) is 6.91. The molecule has 21 heavy (non-hydrogen) atoms. The molecule has 0 bridgehead atoms. The average molecular weight is 298 g/mol. The quantitative estimate of drug-likeness (QED) is 0.786. The maximum atomic E-state index is 6.22. The van der Waals surface area contributed by atoms with Gasteiger partial charge in [-0.1, -0.05) is 17.7 Å². The van der Waals surface area contributed by atoms with Crippen molar-refractivity contribution < 1.29 is 0 Å². The first-order chi connectivity index (χ1) is 10.3. The molecule has 106 valence electrons. The van der Waals surface area contributed by atoms with Gasteiger partial charge < -0.3 is 5.32 Å². The summed E-state index contributed by atoms with van der Waals surface area (Å²) in [5.74, 6) is 0. The van der Waals surface area contributed by atoms with Crippen LogP contribution in [0.25, 0.3) is 10.9 Å². The lowest BCUT2D eigenvalue weighted by Gasteiger charge is -2.15. The van der Waals surface area contributed by atoms with E-state index in [1.807, 2.05) is 48.8 Å². The summed E-state index contributed by atoms with van der Waals surface area (Å²) in [6, 6.07) is 12.2. The fourth-order valence-corrected chi connectivity index (χ4v) is 2.59. The normalized spacial score (nSPS) is 12.5. The zero-order valence-corrected chi connectivity index (χ0v) is 12.5. The molecule has 2 heterocycles. The van der Waals surface area contributed by atoms with Crippen LogP contribution in [0.15, 0.2) is 55.0 Å². The van der Waals surface area contributed by atoms with Crippen molar-refractivity contribution in [2.75, 3.05) is 0 Å². The van der Waals surface area contributed by atoms with E-state index in [9.17, 15) is 0 Å². The Hall–Kier alpha value is -1.97. The second-order valence-corrected chi connectivity index (χ2v) is 5.40. The van der Waals surface area contributed by atoms with E-state index in [2.05, 4.69) is 22.2 Å². The van der Waals surface area contributed by atoms with Crippen LogP contribution in [0.2, 0.25) is 5.02 Å². The Bertz CT molecular complexity index is 743. The number of hydrogen-bond acceptors (Lipinski definition) is 3. The Morgan fingerprint density at radius 1 is 1.10 bits per heavy atom. The molecule has 0 saturated carbocycles. The predicted molar refractivity (Wildman–Crippen MR) is 86.2 cm³/mol. The molecule has 1 aromatic carbocycles. The van der Waals surface area contributed by atoms with Crippen LogP contribution < -0.4 is 5.32 Å². The molecule has 0 aliphatic heterocycles. The number of benzene rings is 1. The molecule has 0 amide bonds. The number of fused-ring (bicyclic) bond motifs is 1. The van der Waals surface area contributed by atoms with Gasteiger partial charge in [-0.3, -0.25) is 9.97 Å². The zero-order valence-electron chi connectivity index (χ0n) is 11.8. The number of aromatic nitrogens is 2. The number of hydrogen-bond donors (Lipinski definition) is 1. The molecule has 4 heteroatoms. The van der Waals surface area contributed by atoms with Crippen LogP contribution in [0.5, 0.6) is 0 Å². The highest BCUT2D eigenvalue weighted by Crippen LogP contribution is 2.25. The molecule has 1 N–H and O–H groups in total. The monoisotopic (exact) mass is 297 g/mol. The first-order valence-corrected chi connectivity index (χ1v) is 7.29. The van der Waals surface area contributed by atoms with E-state index in [1.54, 1.807) is 6.20 Å². The molecule has 0 aliphatic rings. The molecular formula is C17H16ClN3. The minimum absolute atomic E-state index is 0.252. The van der Waals surface area contributed by atoms with E-state index >= 15 is 0 Å². The second-order valence-electron chi connectivity index (χ2n) is 4.99. The third-order valence-corrected chi connectivity index (χ3v) is 3.93. The summed E-state index contributed by atoms with van der Waals surface area (Å²) in [5.41, 5.74) is 3.33. The van der Waals surface area contributed by atoms with Crippen LogP contribution in [0.1, 0.15) is 24.1 Å². The van der Waals surface area contributed by atoms with Gasteiger partial charge in [0.1, 0.15) is 0 Å². The third-order valence-electron chi connectivity index (χ3n) is 3.60. The van der Waals surface area contributed by atoms with Crippen LogP contribution in [0, 0.1) is 0 Å². The molecule has 1 atom stereocenters. The number of halogens is 1. The van der Waals surface area contributed by atoms with Crippen LogP contribution in [0.4, 0.5) is 0 Å². The minimum Gasteiger partial charge on any atom is -0.306 e. The lowest BCUT2D eigenvalue weighted by atomic mass is 10.1. The number of rotatable bonds is 4. The fourth-order valence-electron chi connectivity index (χ4n) is 2.37. The van der Waals surface area contributed by atoms with Gasteiger partial charge in [0.05, 0.1) is 5.52 Å². The molecule has 0 saturated heterocycles. The van der Waals surface area contributed by atoms with Crippen LogP contribution in [0.3, 0.4) is 0 Å². The standard InChI is InChI=1S/C17H16ClN3/c1-12(13-6-9-19-10-7-13)21-11-14-4-5-16(18)15-3-2-8-20-17(14)15/h2-10,12,21H,11H2,1H3/t12-/m0/s1. The highest BCUT2D eigenvalue weighted by Gasteiger charge is 2.08. The van der Waals surface area contributed by atoms with Crippen molar-refractivity contribution in [1.82, 2.24) is 15.3 Å². The summed E-state index contributed by atoms with van der Waals surface area (Å²) in [4.78, 5) is 8.50. The summed E-state index contributed by atoms with van der Waals surface area (Å²) in [7, 11) is 0. The Labute approximate surface area is 129 Å². The van der Waals surface area contributed by atoms with Gasteiger partial charge >= 0.3 is 0 Å². The summed E-state index contributed by atoms with van der Waals surface area (Å²) in [6.07, 6.45) is 5.42. The number of nitrogens with one attached hydrogen (secondary N) is 1. The molecule has 3 nitrogen and oxygen atoms in total. The van der Waals surface area contributed by atoms with Crippen molar-refractivity contribution in [2.45, 2.75) is 19.5 Å². The molecule has 0 aliphatic carbocycles. The van der Waals surface area contributed by atoms with Crippen molar-refractivity contribution in [3.8, 4) is 0 Å². The Morgan fingerprint density at radius 3 is 2.71 bits per heavy atom. The van der Waals surface area contributed by atoms with E-state index < -0.39 is 0 Å². The maximum Gasteiger partial charge on any atom is 0.0761 e. The molecule has 3 aromatic rings. The van der Waals surface area contributed by atoms with Crippen LogP contribution in [-0.2, 0) is 6.54 Å². The van der Waals surface area contributed by atoms with Crippen molar-refractivity contribution in [1.29, 1.82) is 0 Å². The predicted octanol–water partition coefficient (Wildman–Crippen LogP) is 4.13. The van der Waals surface area contributed by atoms with Crippen LogP contribution in [-0.4, -0.2) is 9.97 Å². The second kappa shape index (κ2) is 6.20. The van der Waals surface area contributed by atoms with Gasteiger partial charge in [0, 0.05) is 41.6 Å². The molecule has 0 spiro atoms. The molecular weight excluding hydrogens is 282 g/mol. The van der Waals surface area contributed by atoms with Gasteiger partial charge in [-0.2, -0.15) is 0 Å². The van der Waals surface area contributed by atoms with E-state index in [4.69, 9.17) is 11.6 Å². The number of nitrogens with zero attached hydrogens (tertiary/aromatic N) is 2. The smallest absolute Gasteiger partial charge is 0.0761 e. The molecule has 0 unspecified atom stereocenters. The van der Waals surface area contributed by atoms with Crippen LogP contribution >= 0.6 is 11.6 Å². The van der Waals surface area contributed by atoms with E-state index in [1.165, 1.54) is 5.56 Å². The third kappa shape index (κ3) is 3.04. The topological polar surface area (TPSA) is 37.8 Å². The van der Waals surface area contributed by atoms with Gasteiger partial charge in [0.25, 0.3) is 0 Å². The highest BCUT2D eigenvalue weighted by atomic mass is 35.5. The van der Waals surface area contributed by atoms with Gasteiger partial charge in [0.2, 0.25) is 0 Å². The Morgan fingerprint density at radius 2 is 1.90 bits per heavy atom. The minimum atomic E-state index is 0.252. The van der Waals surface area contributed by atoms with Gasteiger partial charge in [-0.15, -0.1) is 0 Å². The first kappa shape index (κ1) is 14.0. The lowest BCUT2D eigenvalue weighted by molar-refractivity contribution is 0.575. The van der Waals surface area contributed by atoms with Gasteiger partial charge in [0.15, 0.2) is 0 Å². The molecule has 0 radical (unpaired) electrons. The highest BCUT2D eigenvalue weighted by molar-refractivity contribution is 6.35. The summed E-state index contributed by atoms with van der Waals surface area (Å²) in [5, 5.41) is 5.25. The Balaban J connectivity index is 1.81. The number of pyridine rings is 2. The van der Waals surface area contributed by atoms with E-state index in [0.717, 1.165) is 28.0 Å². The van der Waals surface area contributed by atoms with E-state index in [-0.39, 0.29) is 6.04 Å². The van der Waals surface area contributed by atoms with Crippen molar-refractivity contribution >= 4 is 22.5 Å². The average Bonchev–Trinajstić information content (AvgIpc) is 2.55. The summed E-state index contributed by atoms with van der Waals surface area (Å²) in [6.45, 7) is 2.88. The summed E-state index contributed by atoms with van der Waals surface area (Å²) < 4.78 is 0. The maximum absolute atomic E-state index is 6.22. The molecule has 0 fully saturated rings. The van der Waals surface area contributed by atoms with Gasteiger partial charge in [-0.25, -0.2) is 0 Å². The zero-order chi connectivity index (χ0) is 14.7. The SMILES string of the molecule is C[C@H](NCc1ccc(Cl)c2cccnc12)c1ccncc1. The lowest BCUT2D eigenvalue weighted by Crippen LogP contribution is -2.18. The fraction of sp³-hybridized carbons (Fsp3) is 0.176. The van der Waals surface area contributed by atoms with Crippen molar-refractivity contribution in [3.63, 3.8) is 0 Å². The van der Waals surface area contributed by atoms with Crippen molar-refractivity contribution in [2.24, 2.45) is 0 Å². The van der Waals surface area contributed by atoms with Crippen molar-refractivity contribution in [3.05, 3.63) is 71.1 Å². The van der Waals surface area contributed by atoms with E-state index in [0.29, 0.717) is 0 Å². The largest absolute Gasteiger partial charge is 0.306 e. The molecule has 3 rings (SSSR count).